The van der Waals surface area contributed by atoms with E-state index in [1.165, 1.54) is 50.7 Å². The first-order valence-electron chi connectivity index (χ1n) is 8.30. The second kappa shape index (κ2) is 8.11. The number of ether oxygens (including phenoxy) is 1. The van der Waals surface area contributed by atoms with E-state index in [0.29, 0.717) is 11.1 Å². The van der Waals surface area contributed by atoms with E-state index in [0.717, 1.165) is 9.01 Å². The van der Waals surface area contributed by atoms with Gasteiger partial charge in [0, 0.05) is 24.2 Å². The van der Waals surface area contributed by atoms with Gasteiger partial charge in [-0.1, -0.05) is 29.8 Å². The number of thiophene rings is 1. The summed E-state index contributed by atoms with van der Waals surface area (Å²) in [7, 11) is 0.291. The standard InChI is InChI=1S/C19H17ClN2O5S2/c1-22(2)29(25,26)11-8-9-14(20)13(10-11)18(23)21-16-12-6-4-5-7-15(12)28-17(16)19(24)27-3/h4-10H,1-3H3,(H,21,23). The highest BCUT2D eigenvalue weighted by Crippen LogP contribution is 2.37. The Morgan fingerprint density at radius 3 is 2.48 bits per heavy atom. The second-order valence-electron chi connectivity index (χ2n) is 6.18. The highest BCUT2D eigenvalue weighted by molar-refractivity contribution is 7.89. The summed E-state index contributed by atoms with van der Waals surface area (Å²) in [6, 6.07) is 11.1. The Morgan fingerprint density at radius 1 is 1.14 bits per heavy atom. The number of nitrogens with one attached hydrogen (secondary N) is 1. The van der Waals surface area contributed by atoms with Gasteiger partial charge in [-0.05, 0) is 24.3 Å². The van der Waals surface area contributed by atoms with Crippen LogP contribution in [0.2, 0.25) is 5.02 Å². The molecule has 0 aliphatic rings. The molecule has 7 nitrogen and oxygen atoms in total. The third-order valence-electron chi connectivity index (χ3n) is 4.17. The number of sulfonamides is 1. The summed E-state index contributed by atoms with van der Waals surface area (Å²) in [5.41, 5.74) is 0.264. The molecule has 152 valence electrons. The van der Waals surface area contributed by atoms with Gasteiger partial charge >= 0.3 is 5.97 Å². The number of hydrogen-bond acceptors (Lipinski definition) is 6. The Bertz CT molecular complexity index is 1220. The number of esters is 1. The van der Waals surface area contributed by atoms with Crippen LogP contribution in [0.25, 0.3) is 10.1 Å². The van der Waals surface area contributed by atoms with E-state index in [1.807, 2.05) is 12.1 Å². The highest BCUT2D eigenvalue weighted by atomic mass is 35.5. The molecule has 0 bridgehead atoms. The van der Waals surface area contributed by atoms with Gasteiger partial charge in [0.05, 0.1) is 28.3 Å². The average molecular weight is 453 g/mol. The third-order valence-corrected chi connectivity index (χ3v) is 7.46. The van der Waals surface area contributed by atoms with Crippen LogP contribution in [0.4, 0.5) is 5.69 Å². The molecular weight excluding hydrogens is 436 g/mol. The minimum Gasteiger partial charge on any atom is -0.465 e. The smallest absolute Gasteiger partial charge is 0.350 e. The van der Waals surface area contributed by atoms with Gasteiger partial charge in [-0.25, -0.2) is 17.5 Å². The fraction of sp³-hybridized carbons (Fsp3) is 0.158. The van der Waals surface area contributed by atoms with E-state index in [-0.39, 0.29) is 20.4 Å². The summed E-state index contributed by atoms with van der Waals surface area (Å²) in [4.78, 5) is 25.3. The Balaban J connectivity index is 2.07. The fourth-order valence-electron chi connectivity index (χ4n) is 2.64. The molecule has 1 heterocycles. The number of carbonyl (C=O) groups excluding carboxylic acids is 2. The lowest BCUT2D eigenvalue weighted by Crippen LogP contribution is -2.23. The number of anilines is 1. The molecule has 3 rings (SSSR count). The van der Waals surface area contributed by atoms with Crippen LogP contribution in [0, 0.1) is 0 Å². The van der Waals surface area contributed by atoms with Crippen molar-refractivity contribution < 1.29 is 22.7 Å². The monoisotopic (exact) mass is 452 g/mol. The number of carbonyl (C=O) groups is 2. The second-order valence-corrected chi connectivity index (χ2v) is 9.79. The molecule has 0 aliphatic heterocycles. The van der Waals surface area contributed by atoms with Crippen molar-refractivity contribution in [1.29, 1.82) is 0 Å². The predicted molar refractivity (Wildman–Crippen MR) is 113 cm³/mol. The molecule has 0 fully saturated rings. The van der Waals surface area contributed by atoms with Gasteiger partial charge in [-0.15, -0.1) is 11.3 Å². The van der Waals surface area contributed by atoms with Gasteiger partial charge in [0.25, 0.3) is 5.91 Å². The number of amides is 1. The van der Waals surface area contributed by atoms with Gasteiger partial charge < -0.3 is 10.1 Å². The molecule has 10 heteroatoms. The summed E-state index contributed by atoms with van der Waals surface area (Å²) in [6.45, 7) is 0. The third kappa shape index (κ3) is 3.99. The largest absolute Gasteiger partial charge is 0.465 e. The molecular formula is C19H17ClN2O5S2. The zero-order valence-electron chi connectivity index (χ0n) is 15.7. The lowest BCUT2D eigenvalue weighted by molar-refractivity contribution is 0.0607. The number of benzene rings is 2. The van der Waals surface area contributed by atoms with Crippen LogP contribution in [-0.2, 0) is 14.8 Å². The summed E-state index contributed by atoms with van der Waals surface area (Å²) in [5.74, 6) is -1.23. The van der Waals surface area contributed by atoms with Crippen LogP contribution in [0.1, 0.15) is 20.0 Å². The molecule has 1 amide bonds. The van der Waals surface area contributed by atoms with E-state index in [9.17, 15) is 18.0 Å². The Hall–Kier alpha value is -2.46. The maximum Gasteiger partial charge on any atom is 0.350 e. The number of fused-ring (bicyclic) bond motifs is 1. The van der Waals surface area contributed by atoms with Crippen molar-refractivity contribution >= 4 is 60.6 Å². The van der Waals surface area contributed by atoms with Crippen LogP contribution >= 0.6 is 22.9 Å². The molecule has 2 aromatic carbocycles. The molecule has 0 saturated heterocycles. The minimum absolute atomic E-state index is 0.0271. The average Bonchev–Trinajstić information content (AvgIpc) is 3.05. The molecule has 0 radical (unpaired) electrons. The summed E-state index contributed by atoms with van der Waals surface area (Å²) in [6.07, 6.45) is 0. The maximum atomic E-state index is 12.9. The van der Waals surface area contributed by atoms with Gasteiger partial charge in [-0.3, -0.25) is 4.79 Å². The van der Waals surface area contributed by atoms with Crippen molar-refractivity contribution in [1.82, 2.24) is 4.31 Å². The van der Waals surface area contributed by atoms with Crippen LogP contribution in [0.3, 0.4) is 0 Å². The normalized spacial score (nSPS) is 11.6. The molecule has 29 heavy (non-hydrogen) atoms. The van der Waals surface area contributed by atoms with Crippen LogP contribution < -0.4 is 5.32 Å². The topological polar surface area (TPSA) is 92.8 Å². The van der Waals surface area contributed by atoms with Crippen LogP contribution in [0.15, 0.2) is 47.4 Å². The zero-order valence-corrected chi connectivity index (χ0v) is 18.1. The highest BCUT2D eigenvalue weighted by Gasteiger charge is 2.24. The molecule has 0 saturated carbocycles. The number of methoxy groups -OCH3 is 1. The van der Waals surface area contributed by atoms with Crippen molar-refractivity contribution in [3.8, 4) is 0 Å². The number of rotatable bonds is 5. The molecule has 1 aromatic heterocycles. The first-order valence-corrected chi connectivity index (χ1v) is 10.9. The summed E-state index contributed by atoms with van der Waals surface area (Å²) >= 11 is 7.33. The van der Waals surface area contributed by atoms with Crippen molar-refractivity contribution in [2.24, 2.45) is 0 Å². The van der Waals surface area contributed by atoms with Crippen LogP contribution in [-0.4, -0.2) is 45.8 Å². The SMILES string of the molecule is COC(=O)c1sc2ccccc2c1NC(=O)c1cc(S(=O)(=O)N(C)C)ccc1Cl. The zero-order chi connectivity index (χ0) is 21.3. The van der Waals surface area contributed by atoms with E-state index >= 15 is 0 Å². The van der Waals surface area contributed by atoms with E-state index < -0.39 is 21.9 Å². The lowest BCUT2D eigenvalue weighted by Gasteiger charge is -2.13. The molecule has 0 aliphatic carbocycles. The van der Waals surface area contributed by atoms with E-state index in [4.69, 9.17) is 16.3 Å². The first kappa shape index (κ1) is 21.3. The Kier molecular flexibility index (Phi) is 5.95. The van der Waals surface area contributed by atoms with E-state index in [2.05, 4.69) is 5.32 Å². The van der Waals surface area contributed by atoms with Gasteiger partial charge in [0.15, 0.2) is 0 Å². The first-order chi connectivity index (χ1) is 13.7. The minimum atomic E-state index is -3.75. The summed E-state index contributed by atoms with van der Waals surface area (Å²) in [5, 5.41) is 3.44. The number of nitrogens with zero attached hydrogens (tertiary/aromatic N) is 1. The van der Waals surface area contributed by atoms with Gasteiger partial charge in [0.2, 0.25) is 10.0 Å². The predicted octanol–water partition coefficient (Wildman–Crippen LogP) is 3.84. The van der Waals surface area contributed by atoms with Crippen LogP contribution in [0.5, 0.6) is 0 Å². The summed E-state index contributed by atoms with van der Waals surface area (Å²) < 4.78 is 31.4. The fourth-order valence-corrected chi connectivity index (χ4v) is 4.84. The quantitative estimate of drug-likeness (QED) is 0.593. The molecule has 0 unspecified atom stereocenters. The lowest BCUT2D eigenvalue weighted by atomic mass is 10.1. The van der Waals surface area contributed by atoms with Gasteiger partial charge in [0.1, 0.15) is 4.88 Å². The molecule has 0 atom stereocenters. The molecule has 3 aromatic rings. The Labute approximate surface area is 176 Å². The van der Waals surface area contributed by atoms with Crippen molar-refractivity contribution in [2.75, 3.05) is 26.5 Å². The van der Waals surface area contributed by atoms with Crippen molar-refractivity contribution in [3.05, 3.63) is 57.9 Å². The molecule has 0 spiro atoms. The Morgan fingerprint density at radius 2 is 1.83 bits per heavy atom. The number of halogens is 1. The van der Waals surface area contributed by atoms with Crippen molar-refractivity contribution in [3.63, 3.8) is 0 Å². The maximum absolute atomic E-state index is 12.9. The van der Waals surface area contributed by atoms with E-state index in [1.54, 1.807) is 12.1 Å². The van der Waals surface area contributed by atoms with Gasteiger partial charge in [-0.2, -0.15) is 0 Å². The number of hydrogen-bond donors (Lipinski definition) is 1. The molecule has 1 N–H and O–H groups in total. The van der Waals surface area contributed by atoms with Crippen molar-refractivity contribution in [2.45, 2.75) is 4.90 Å².